The molecular formula is C17H23BrN2O2. The zero-order chi connectivity index (χ0) is 15.5. The summed E-state index contributed by atoms with van der Waals surface area (Å²) in [5.74, 6) is 0.359. The minimum Gasteiger partial charge on any atom is -0.370 e. The first-order chi connectivity index (χ1) is 10.6. The third kappa shape index (κ3) is 3.53. The molecule has 3 atom stereocenters. The second-order valence-electron chi connectivity index (χ2n) is 6.29. The lowest BCUT2D eigenvalue weighted by Gasteiger charge is -2.37. The van der Waals surface area contributed by atoms with Gasteiger partial charge in [0.25, 0.3) is 0 Å². The maximum atomic E-state index is 12.8. The van der Waals surface area contributed by atoms with Gasteiger partial charge in [0.1, 0.15) is 6.10 Å². The van der Waals surface area contributed by atoms with Crippen LogP contribution in [0.2, 0.25) is 0 Å². The summed E-state index contributed by atoms with van der Waals surface area (Å²) < 4.78 is 6.92. The Bertz CT molecular complexity index is 537. The normalized spacial score (nSPS) is 29.4. The van der Waals surface area contributed by atoms with Gasteiger partial charge >= 0.3 is 0 Å². The average Bonchev–Trinajstić information content (AvgIpc) is 2.55. The molecule has 1 aromatic rings. The number of morpholine rings is 1. The van der Waals surface area contributed by atoms with Crippen molar-refractivity contribution in [2.24, 2.45) is 11.7 Å². The third-order valence-electron chi connectivity index (χ3n) is 4.69. The Balaban J connectivity index is 1.68. The number of carbonyl (C=O) groups is 1. The number of nitrogens with two attached hydrogens (primary N) is 1. The summed E-state index contributed by atoms with van der Waals surface area (Å²) in [4.78, 5) is 14.7. The predicted molar refractivity (Wildman–Crippen MR) is 89.3 cm³/mol. The molecule has 1 heterocycles. The molecule has 2 fully saturated rings. The van der Waals surface area contributed by atoms with E-state index in [9.17, 15) is 4.79 Å². The number of benzene rings is 1. The molecule has 1 amide bonds. The van der Waals surface area contributed by atoms with Crippen LogP contribution < -0.4 is 5.73 Å². The molecule has 4 nitrogen and oxygen atoms in total. The Kier molecular flexibility index (Phi) is 5.16. The average molecular weight is 367 g/mol. The summed E-state index contributed by atoms with van der Waals surface area (Å²) in [6.07, 6.45) is 3.87. The van der Waals surface area contributed by atoms with E-state index in [4.69, 9.17) is 10.5 Å². The highest BCUT2D eigenvalue weighted by atomic mass is 79.9. The van der Waals surface area contributed by atoms with Crippen LogP contribution in [-0.2, 0) is 9.53 Å². The molecule has 3 rings (SSSR count). The first-order valence-electron chi connectivity index (χ1n) is 8.05. The SMILES string of the molecule is N[C@@H]1CCC[C@H](C(=O)N2CCO[C@H](c3ccccc3Br)C2)C1. The van der Waals surface area contributed by atoms with Gasteiger partial charge in [-0.15, -0.1) is 0 Å². The van der Waals surface area contributed by atoms with Gasteiger partial charge in [-0.2, -0.15) is 0 Å². The second kappa shape index (κ2) is 7.11. The van der Waals surface area contributed by atoms with E-state index in [1.54, 1.807) is 0 Å². The predicted octanol–water partition coefficient (Wildman–Crippen LogP) is 2.87. The van der Waals surface area contributed by atoms with Gasteiger partial charge in [0.2, 0.25) is 5.91 Å². The van der Waals surface area contributed by atoms with Crippen molar-refractivity contribution in [3.63, 3.8) is 0 Å². The van der Waals surface area contributed by atoms with Crippen LogP contribution in [0, 0.1) is 5.92 Å². The van der Waals surface area contributed by atoms with Crippen molar-refractivity contribution in [2.45, 2.75) is 37.8 Å². The lowest BCUT2D eigenvalue weighted by molar-refractivity contribution is -0.144. The summed E-state index contributed by atoms with van der Waals surface area (Å²) in [5, 5.41) is 0. The van der Waals surface area contributed by atoms with Crippen molar-refractivity contribution < 1.29 is 9.53 Å². The number of nitrogens with zero attached hydrogens (tertiary/aromatic N) is 1. The Morgan fingerprint density at radius 1 is 1.32 bits per heavy atom. The summed E-state index contributed by atoms with van der Waals surface area (Å²) in [5.41, 5.74) is 7.14. The van der Waals surface area contributed by atoms with Crippen molar-refractivity contribution in [3.05, 3.63) is 34.3 Å². The van der Waals surface area contributed by atoms with E-state index in [1.807, 2.05) is 23.1 Å². The van der Waals surface area contributed by atoms with Gasteiger partial charge < -0.3 is 15.4 Å². The largest absolute Gasteiger partial charge is 0.370 e. The van der Waals surface area contributed by atoms with Gasteiger partial charge in [-0.05, 0) is 30.9 Å². The van der Waals surface area contributed by atoms with Gasteiger partial charge in [-0.3, -0.25) is 4.79 Å². The molecule has 0 radical (unpaired) electrons. The van der Waals surface area contributed by atoms with Crippen molar-refractivity contribution in [1.82, 2.24) is 4.90 Å². The molecular weight excluding hydrogens is 344 g/mol. The number of hydrogen-bond donors (Lipinski definition) is 1. The Labute approximate surface area is 140 Å². The molecule has 0 bridgehead atoms. The van der Waals surface area contributed by atoms with Gasteiger partial charge in [-0.1, -0.05) is 40.5 Å². The van der Waals surface area contributed by atoms with E-state index in [0.717, 1.165) is 35.7 Å². The zero-order valence-corrected chi connectivity index (χ0v) is 14.3. The molecule has 1 saturated heterocycles. The smallest absolute Gasteiger partial charge is 0.225 e. The van der Waals surface area contributed by atoms with Crippen LogP contribution in [0.1, 0.15) is 37.4 Å². The summed E-state index contributed by atoms with van der Waals surface area (Å²) >= 11 is 3.57. The molecule has 1 aromatic carbocycles. The first kappa shape index (κ1) is 16.0. The minimum atomic E-state index is -0.0504. The molecule has 0 unspecified atom stereocenters. The number of amides is 1. The highest BCUT2D eigenvalue weighted by Crippen LogP contribution is 2.31. The lowest BCUT2D eigenvalue weighted by atomic mass is 9.85. The lowest BCUT2D eigenvalue weighted by Crippen LogP contribution is -2.46. The third-order valence-corrected chi connectivity index (χ3v) is 5.42. The molecule has 1 saturated carbocycles. The number of hydrogen-bond acceptors (Lipinski definition) is 3. The molecule has 120 valence electrons. The van der Waals surface area contributed by atoms with Crippen LogP contribution in [0.3, 0.4) is 0 Å². The summed E-state index contributed by atoms with van der Waals surface area (Å²) in [6, 6.07) is 8.24. The zero-order valence-electron chi connectivity index (χ0n) is 12.7. The fourth-order valence-corrected chi connectivity index (χ4v) is 4.02. The van der Waals surface area contributed by atoms with Crippen LogP contribution in [-0.4, -0.2) is 36.5 Å². The Morgan fingerprint density at radius 2 is 2.14 bits per heavy atom. The van der Waals surface area contributed by atoms with Crippen LogP contribution >= 0.6 is 15.9 Å². The van der Waals surface area contributed by atoms with Crippen LogP contribution in [0.5, 0.6) is 0 Å². The summed E-state index contributed by atoms with van der Waals surface area (Å²) in [7, 11) is 0. The molecule has 1 aliphatic heterocycles. The molecule has 5 heteroatoms. The molecule has 1 aliphatic carbocycles. The van der Waals surface area contributed by atoms with E-state index in [-0.39, 0.29) is 24.0 Å². The number of rotatable bonds is 2. The number of ether oxygens (including phenoxy) is 1. The molecule has 2 aliphatic rings. The summed E-state index contributed by atoms with van der Waals surface area (Å²) in [6.45, 7) is 1.91. The quantitative estimate of drug-likeness (QED) is 0.875. The van der Waals surface area contributed by atoms with E-state index in [2.05, 4.69) is 22.0 Å². The standard InChI is InChI=1S/C17H23BrN2O2/c18-15-7-2-1-6-14(15)16-11-20(8-9-22-16)17(21)12-4-3-5-13(19)10-12/h1-2,6-7,12-13,16H,3-5,8-11,19H2/t12-,13+,16-/m0/s1. The van der Waals surface area contributed by atoms with Crippen LogP contribution in [0.25, 0.3) is 0 Å². The highest BCUT2D eigenvalue weighted by molar-refractivity contribution is 9.10. The number of halogens is 1. The first-order valence-corrected chi connectivity index (χ1v) is 8.85. The fourth-order valence-electron chi connectivity index (χ4n) is 3.48. The monoisotopic (exact) mass is 366 g/mol. The van der Waals surface area contributed by atoms with Crippen molar-refractivity contribution in [2.75, 3.05) is 19.7 Å². The van der Waals surface area contributed by atoms with E-state index in [0.29, 0.717) is 19.7 Å². The van der Waals surface area contributed by atoms with E-state index < -0.39 is 0 Å². The van der Waals surface area contributed by atoms with Crippen molar-refractivity contribution in [1.29, 1.82) is 0 Å². The van der Waals surface area contributed by atoms with Crippen molar-refractivity contribution >= 4 is 21.8 Å². The molecule has 0 aromatic heterocycles. The minimum absolute atomic E-state index is 0.0504. The second-order valence-corrected chi connectivity index (χ2v) is 7.14. The van der Waals surface area contributed by atoms with E-state index in [1.165, 1.54) is 0 Å². The van der Waals surface area contributed by atoms with Gasteiger partial charge in [0, 0.05) is 23.0 Å². The maximum Gasteiger partial charge on any atom is 0.225 e. The Hall–Kier alpha value is -0.910. The molecule has 22 heavy (non-hydrogen) atoms. The molecule has 0 spiro atoms. The Morgan fingerprint density at radius 3 is 2.91 bits per heavy atom. The highest BCUT2D eigenvalue weighted by Gasteiger charge is 2.32. The maximum absolute atomic E-state index is 12.8. The van der Waals surface area contributed by atoms with Crippen molar-refractivity contribution in [3.8, 4) is 0 Å². The van der Waals surface area contributed by atoms with Gasteiger partial charge in [0.05, 0.1) is 13.2 Å². The van der Waals surface area contributed by atoms with Gasteiger partial charge in [-0.25, -0.2) is 0 Å². The van der Waals surface area contributed by atoms with Crippen LogP contribution in [0.4, 0.5) is 0 Å². The topological polar surface area (TPSA) is 55.6 Å². The van der Waals surface area contributed by atoms with E-state index >= 15 is 0 Å². The van der Waals surface area contributed by atoms with Gasteiger partial charge in [0.15, 0.2) is 0 Å². The van der Waals surface area contributed by atoms with Crippen LogP contribution in [0.15, 0.2) is 28.7 Å². The number of carbonyl (C=O) groups excluding carboxylic acids is 1. The fraction of sp³-hybridized carbons (Fsp3) is 0.588. The molecule has 2 N–H and O–H groups in total.